The second-order valence-electron chi connectivity index (χ2n) is 8.55. The van der Waals surface area contributed by atoms with E-state index in [0.717, 1.165) is 91.5 Å². The van der Waals surface area contributed by atoms with E-state index in [9.17, 15) is 9.59 Å². The summed E-state index contributed by atoms with van der Waals surface area (Å²) in [5.74, 6) is -0.154. The quantitative estimate of drug-likeness (QED) is 0.454. The molecule has 3 saturated heterocycles. The molecule has 0 aromatic heterocycles. The lowest BCUT2D eigenvalue weighted by Crippen LogP contribution is -2.49. The van der Waals surface area contributed by atoms with Gasteiger partial charge in [0.1, 0.15) is 6.10 Å². The molecule has 1 amide bonds. The standard InChI is InChI=1S/C21H39N5O4/c1-3-22-9-11-23(12-10-22)6-4-7-26-18-19(30-21(26)28)17-25-15-13-24(14-16-25)8-5-20(27)29-2/h19H,3-18H2,1-2H3. The summed E-state index contributed by atoms with van der Waals surface area (Å²) >= 11 is 0. The molecule has 1 atom stereocenters. The van der Waals surface area contributed by atoms with Gasteiger partial charge in [0, 0.05) is 72.0 Å². The molecule has 3 rings (SSSR count). The molecule has 0 aromatic carbocycles. The lowest BCUT2D eigenvalue weighted by Gasteiger charge is -2.35. The maximum Gasteiger partial charge on any atom is 0.410 e. The van der Waals surface area contributed by atoms with E-state index in [4.69, 9.17) is 9.47 Å². The molecule has 3 fully saturated rings. The van der Waals surface area contributed by atoms with Crippen LogP contribution in [0.15, 0.2) is 0 Å². The van der Waals surface area contributed by atoms with Crippen LogP contribution in [0.2, 0.25) is 0 Å². The Morgan fingerprint density at radius 2 is 1.53 bits per heavy atom. The van der Waals surface area contributed by atoms with Crippen molar-refractivity contribution in [2.45, 2.75) is 25.9 Å². The van der Waals surface area contributed by atoms with E-state index >= 15 is 0 Å². The zero-order chi connectivity index (χ0) is 21.3. The van der Waals surface area contributed by atoms with Gasteiger partial charge >= 0.3 is 12.1 Å². The molecule has 0 N–H and O–H groups in total. The number of carbonyl (C=O) groups is 2. The number of methoxy groups -OCH3 is 1. The molecule has 9 heteroatoms. The smallest absolute Gasteiger partial charge is 0.410 e. The van der Waals surface area contributed by atoms with Crippen LogP contribution in [-0.4, -0.2) is 141 Å². The second-order valence-corrected chi connectivity index (χ2v) is 8.55. The summed E-state index contributed by atoms with van der Waals surface area (Å²) in [4.78, 5) is 35.0. The van der Waals surface area contributed by atoms with Crippen molar-refractivity contribution in [2.24, 2.45) is 0 Å². The highest BCUT2D eigenvalue weighted by atomic mass is 16.6. The number of nitrogens with zero attached hydrogens (tertiary/aromatic N) is 5. The molecule has 3 aliphatic rings. The number of ether oxygens (including phenoxy) is 2. The third kappa shape index (κ3) is 7.08. The van der Waals surface area contributed by atoms with Crippen LogP contribution in [0.4, 0.5) is 4.79 Å². The molecule has 0 aromatic rings. The number of esters is 1. The monoisotopic (exact) mass is 425 g/mol. The summed E-state index contributed by atoms with van der Waals surface area (Å²) in [6.45, 7) is 15.8. The van der Waals surface area contributed by atoms with E-state index in [-0.39, 0.29) is 18.2 Å². The van der Waals surface area contributed by atoms with Gasteiger partial charge in [0.2, 0.25) is 0 Å². The third-order valence-electron chi connectivity index (χ3n) is 6.55. The van der Waals surface area contributed by atoms with Crippen LogP contribution in [0.25, 0.3) is 0 Å². The molecule has 0 radical (unpaired) electrons. The Morgan fingerprint density at radius 3 is 2.17 bits per heavy atom. The summed E-state index contributed by atoms with van der Waals surface area (Å²) in [6, 6.07) is 0. The zero-order valence-corrected chi connectivity index (χ0v) is 18.8. The number of amides is 1. The minimum Gasteiger partial charge on any atom is -0.469 e. The third-order valence-corrected chi connectivity index (χ3v) is 6.55. The van der Waals surface area contributed by atoms with Crippen LogP contribution in [-0.2, 0) is 14.3 Å². The number of hydrogen-bond donors (Lipinski definition) is 0. The zero-order valence-electron chi connectivity index (χ0n) is 18.8. The fourth-order valence-corrected chi connectivity index (χ4v) is 4.50. The minimum atomic E-state index is -0.160. The molecule has 0 aliphatic carbocycles. The van der Waals surface area contributed by atoms with Gasteiger partial charge in [-0.2, -0.15) is 0 Å². The molecule has 9 nitrogen and oxygen atoms in total. The van der Waals surface area contributed by atoms with Gasteiger partial charge in [-0.3, -0.25) is 9.69 Å². The topological polar surface area (TPSA) is 68.8 Å². The summed E-state index contributed by atoms with van der Waals surface area (Å²) in [5, 5.41) is 0. The minimum absolute atomic E-state index is 0.0350. The van der Waals surface area contributed by atoms with Gasteiger partial charge in [0.15, 0.2) is 0 Å². The molecule has 3 aliphatic heterocycles. The van der Waals surface area contributed by atoms with Gasteiger partial charge in [-0.15, -0.1) is 0 Å². The highest BCUT2D eigenvalue weighted by molar-refractivity contribution is 5.70. The van der Waals surface area contributed by atoms with Gasteiger partial charge in [-0.05, 0) is 19.5 Å². The first-order valence-electron chi connectivity index (χ1n) is 11.5. The SMILES string of the molecule is CCN1CCN(CCCN2CC(CN3CCN(CCC(=O)OC)CC3)OC2=O)CC1. The largest absolute Gasteiger partial charge is 0.469 e. The Hall–Kier alpha value is -1.42. The van der Waals surface area contributed by atoms with Crippen LogP contribution in [0, 0.1) is 0 Å². The van der Waals surface area contributed by atoms with Crippen LogP contribution in [0.5, 0.6) is 0 Å². The van der Waals surface area contributed by atoms with Crippen LogP contribution >= 0.6 is 0 Å². The van der Waals surface area contributed by atoms with Gasteiger partial charge in [0.05, 0.1) is 20.1 Å². The number of likely N-dealkylation sites (N-methyl/N-ethyl adjacent to an activating group) is 1. The van der Waals surface area contributed by atoms with E-state index in [2.05, 4.69) is 26.5 Å². The average molecular weight is 426 g/mol. The molecular formula is C21H39N5O4. The Balaban J connectivity index is 1.28. The fourth-order valence-electron chi connectivity index (χ4n) is 4.50. The Labute approximate surface area is 180 Å². The molecular weight excluding hydrogens is 386 g/mol. The number of rotatable bonds is 10. The highest BCUT2D eigenvalue weighted by Gasteiger charge is 2.33. The molecule has 0 bridgehead atoms. The second kappa shape index (κ2) is 11.8. The van der Waals surface area contributed by atoms with Crippen molar-refractivity contribution >= 4 is 12.1 Å². The van der Waals surface area contributed by atoms with Crippen molar-refractivity contribution in [3.63, 3.8) is 0 Å². The molecule has 3 heterocycles. The van der Waals surface area contributed by atoms with E-state index < -0.39 is 0 Å². The predicted octanol–water partition coefficient (Wildman–Crippen LogP) is 0.0155. The summed E-state index contributed by atoms with van der Waals surface area (Å²) in [6.07, 6.45) is 1.26. The van der Waals surface area contributed by atoms with E-state index in [1.807, 2.05) is 4.90 Å². The van der Waals surface area contributed by atoms with Gasteiger partial charge in [-0.1, -0.05) is 6.92 Å². The molecule has 30 heavy (non-hydrogen) atoms. The lowest BCUT2D eigenvalue weighted by molar-refractivity contribution is -0.141. The average Bonchev–Trinajstić information content (AvgIpc) is 3.12. The number of carbonyl (C=O) groups excluding carboxylic acids is 2. The lowest BCUT2D eigenvalue weighted by atomic mass is 10.2. The maximum atomic E-state index is 12.2. The van der Waals surface area contributed by atoms with E-state index in [0.29, 0.717) is 13.0 Å². The molecule has 172 valence electrons. The Morgan fingerprint density at radius 1 is 0.933 bits per heavy atom. The fraction of sp³-hybridized carbons (Fsp3) is 0.905. The van der Waals surface area contributed by atoms with Crippen LogP contribution in [0.3, 0.4) is 0 Å². The predicted molar refractivity (Wildman–Crippen MR) is 115 cm³/mol. The van der Waals surface area contributed by atoms with Crippen LogP contribution < -0.4 is 0 Å². The van der Waals surface area contributed by atoms with E-state index in [1.165, 1.54) is 7.11 Å². The van der Waals surface area contributed by atoms with E-state index in [1.54, 1.807) is 0 Å². The van der Waals surface area contributed by atoms with Gasteiger partial charge in [0.25, 0.3) is 0 Å². The van der Waals surface area contributed by atoms with Gasteiger partial charge < -0.3 is 29.1 Å². The van der Waals surface area contributed by atoms with Crippen LogP contribution in [0.1, 0.15) is 19.8 Å². The summed E-state index contributed by atoms with van der Waals surface area (Å²) in [7, 11) is 1.43. The first-order valence-corrected chi connectivity index (χ1v) is 11.5. The van der Waals surface area contributed by atoms with Crippen molar-refractivity contribution < 1.29 is 19.1 Å². The summed E-state index contributed by atoms with van der Waals surface area (Å²) < 4.78 is 10.3. The first-order chi connectivity index (χ1) is 14.6. The molecule has 1 unspecified atom stereocenters. The number of piperazine rings is 2. The molecule has 0 spiro atoms. The summed E-state index contributed by atoms with van der Waals surface area (Å²) in [5.41, 5.74) is 0. The maximum absolute atomic E-state index is 12.2. The van der Waals surface area contributed by atoms with Crippen molar-refractivity contribution in [1.29, 1.82) is 0 Å². The number of hydrogen-bond acceptors (Lipinski definition) is 8. The van der Waals surface area contributed by atoms with Crippen molar-refractivity contribution in [2.75, 3.05) is 98.7 Å². The normalized spacial score (nSPS) is 24.9. The first kappa shape index (κ1) is 23.2. The Kier molecular flexibility index (Phi) is 9.17. The molecule has 0 saturated carbocycles. The van der Waals surface area contributed by atoms with Crippen molar-refractivity contribution in [3.8, 4) is 0 Å². The van der Waals surface area contributed by atoms with Crippen molar-refractivity contribution in [3.05, 3.63) is 0 Å². The van der Waals surface area contributed by atoms with Gasteiger partial charge in [-0.25, -0.2) is 4.79 Å². The highest BCUT2D eigenvalue weighted by Crippen LogP contribution is 2.15. The Bertz CT molecular complexity index is 548. The number of cyclic esters (lactones) is 1. The van der Waals surface area contributed by atoms with Crippen molar-refractivity contribution in [1.82, 2.24) is 24.5 Å².